The molecule has 18 heteroatoms. The van der Waals surface area contributed by atoms with Crippen molar-refractivity contribution < 1.29 is 54.0 Å². The predicted octanol–water partition coefficient (Wildman–Crippen LogP) is -1.73. The number of hydrogen-bond acceptors (Lipinski definition) is 11. The normalized spacial score (nSPS) is 11.6. The van der Waals surface area contributed by atoms with Crippen LogP contribution in [0.4, 0.5) is 0 Å². The molecule has 0 aliphatic carbocycles. The summed E-state index contributed by atoms with van der Waals surface area (Å²) in [6.45, 7) is -2.58. The van der Waals surface area contributed by atoms with E-state index in [1.807, 2.05) is 30.3 Å². The van der Waals surface area contributed by atoms with Crippen LogP contribution in [-0.4, -0.2) is 142 Å². The van der Waals surface area contributed by atoms with Gasteiger partial charge in [-0.2, -0.15) is 0 Å². The zero-order valence-corrected chi connectivity index (χ0v) is 27.3. The third-order valence-electron chi connectivity index (χ3n) is 7.20. The number of amides is 3. The Morgan fingerprint density at radius 2 is 1.08 bits per heavy atom. The molecule has 0 heterocycles. The molecular formula is C32H43N7O11. The Labute approximate surface area is 287 Å². The highest BCUT2D eigenvalue weighted by molar-refractivity contribution is 5.95. The summed E-state index contributed by atoms with van der Waals surface area (Å²) in [6, 6.07) is 14.8. The van der Waals surface area contributed by atoms with Crippen LogP contribution in [0.25, 0.3) is 0 Å². The van der Waals surface area contributed by atoms with Gasteiger partial charge in [-0.15, -0.1) is 0 Å². The van der Waals surface area contributed by atoms with Crippen molar-refractivity contribution in [2.45, 2.75) is 25.4 Å². The van der Waals surface area contributed by atoms with Gasteiger partial charge in [-0.25, -0.2) is 0 Å². The van der Waals surface area contributed by atoms with E-state index in [1.165, 1.54) is 17.0 Å². The summed E-state index contributed by atoms with van der Waals surface area (Å²) >= 11 is 0. The van der Waals surface area contributed by atoms with Crippen LogP contribution in [0, 0.1) is 0 Å². The second kappa shape index (κ2) is 21.5. The monoisotopic (exact) mass is 701 g/mol. The SMILES string of the molecule is N[C@H](CCc1ccccc1)C(=O)NNC(=O)c1ccc(CNC(=O)CN(CCN(CC(=O)O)CC(=O)O)CCN(CC(=O)O)CC(=O)O)cc1. The smallest absolute Gasteiger partial charge is 0.317 e. The van der Waals surface area contributed by atoms with Gasteiger partial charge in [-0.1, -0.05) is 42.5 Å². The molecule has 2 aromatic rings. The summed E-state index contributed by atoms with van der Waals surface area (Å²) in [5.41, 5.74) is 12.4. The summed E-state index contributed by atoms with van der Waals surface area (Å²) in [4.78, 5) is 86.3. The summed E-state index contributed by atoms with van der Waals surface area (Å²) in [5, 5.41) is 39.2. The van der Waals surface area contributed by atoms with E-state index in [1.54, 1.807) is 12.1 Å². The molecule has 0 aliphatic heterocycles. The summed E-state index contributed by atoms with van der Waals surface area (Å²) < 4.78 is 0. The number of benzene rings is 2. The maximum Gasteiger partial charge on any atom is 0.317 e. The van der Waals surface area contributed by atoms with Crippen LogP contribution in [0.1, 0.15) is 27.9 Å². The van der Waals surface area contributed by atoms with E-state index in [-0.39, 0.29) is 44.8 Å². The van der Waals surface area contributed by atoms with Gasteiger partial charge in [0, 0.05) is 38.3 Å². The summed E-state index contributed by atoms with van der Waals surface area (Å²) in [5.74, 6) is -6.62. The number of hydrogen-bond donors (Lipinski definition) is 8. The van der Waals surface area contributed by atoms with E-state index in [2.05, 4.69) is 16.2 Å². The Bertz CT molecular complexity index is 1390. The van der Waals surface area contributed by atoms with Crippen LogP contribution in [0.15, 0.2) is 54.6 Å². The molecule has 0 aromatic heterocycles. The van der Waals surface area contributed by atoms with Crippen LogP contribution in [-0.2, 0) is 41.7 Å². The lowest BCUT2D eigenvalue weighted by molar-refractivity contribution is -0.143. The molecule has 0 saturated carbocycles. The van der Waals surface area contributed by atoms with Crippen molar-refractivity contribution in [3.63, 3.8) is 0 Å². The third kappa shape index (κ3) is 17.1. The minimum Gasteiger partial charge on any atom is -0.480 e. The summed E-state index contributed by atoms with van der Waals surface area (Å²) in [6.07, 6.45) is 0.974. The van der Waals surface area contributed by atoms with E-state index < -0.39 is 73.8 Å². The van der Waals surface area contributed by atoms with Crippen LogP contribution in [0.5, 0.6) is 0 Å². The first-order valence-electron chi connectivity index (χ1n) is 15.5. The van der Waals surface area contributed by atoms with E-state index in [0.29, 0.717) is 18.4 Å². The number of aliphatic carboxylic acids is 4. The average molecular weight is 702 g/mol. The number of carboxylic acids is 4. The molecule has 0 bridgehead atoms. The van der Waals surface area contributed by atoms with Crippen molar-refractivity contribution in [3.05, 3.63) is 71.3 Å². The largest absolute Gasteiger partial charge is 0.480 e. The lowest BCUT2D eigenvalue weighted by Crippen LogP contribution is -2.49. The summed E-state index contributed by atoms with van der Waals surface area (Å²) in [7, 11) is 0. The number of nitrogens with zero attached hydrogens (tertiary/aromatic N) is 3. The van der Waals surface area contributed by atoms with Gasteiger partial charge in [0.2, 0.25) is 5.91 Å². The van der Waals surface area contributed by atoms with Gasteiger partial charge in [0.25, 0.3) is 11.8 Å². The van der Waals surface area contributed by atoms with Gasteiger partial charge in [-0.3, -0.25) is 59.1 Å². The average Bonchev–Trinajstić information content (AvgIpc) is 3.05. The molecule has 0 aliphatic rings. The van der Waals surface area contributed by atoms with Crippen molar-refractivity contribution in [1.29, 1.82) is 0 Å². The molecule has 2 aromatic carbocycles. The minimum absolute atomic E-state index is 0.0141. The van der Waals surface area contributed by atoms with Gasteiger partial charge >= 0.3 is 23.9 Å². The molecule has 1 atom stereocenters. The number of rotatable bonds is 23. The molecule has 0 spiro atoms. The highest BCUT2D eigenvalue weighted by Gasteiger charge is 2.20. The molecule has 0 unspecified atom stereocenters. The Hall–Kier alpha value is -5.43. The van der Waals surface area contributed by atoms with Gasteiger partial charge in [0.15, 0.2) is 0 Å². The molecule has 3 amide bonds. The Kier molecular flexibility index (Phi) is 17.5. The molecule has 9 N–H and O–H groups in total. The lowest BCUT2D eigenvalue weighted by atomic mass is 10.1. The van der Waals surface area contributed by atoms with Gasteiger partial charge in [-0.05, 0) is 36.1 Å². The van der Waals surface area contributed by atoms with E-state index in [9.17, 15) is 33.6 Å². The Morgan fingerprint density at radius 1 is 0.600 bits per heavy atom. The van der Waals surface area contributed by atoms with E-state index >= 15 is 0 Å². The molecule has 18 nitrogen and oxygen atoms in total. The van der Waals surface area contributed by atoms with Gasteiger partial charge < -0.3 is 31.5 Å². The topological polar surface area (TPSA) is 272 Å². The highest BCUT2D eigenvalue weighted by atomic mass is 16.4. The first-order chi connectivity index (χ1) is 23.7. The third-order valence-corrected chi connectivity index (χ3v) is 7.20. The molecule has 50 heavy (non-hydrogen) atoms. The van der Waals surface area contributed by atoms with Crippen LogP contribution >= 0.6 is 0 Å². The van der Waals surface area contributed by atoms with E-state index in [0.717, 1.165) is 15.4 Å². The second-order valence-corrected chi connectivity index (χ2v) is 11.3. The number of hydrazine groups is 1. The van der Waals surface area contributed by atoms with E-state index in [4.69, 9.17) is 26.2 Å². The molecule has 0 saturated heterocycles. The lowest BCUT2D eigenvalue weighted by Gasteiger charge is -2.28. The standard InChI is InChI=1S/C32H43N7O11/c33-25(11-8-22-4-2-1-3-5-22)32(50)36-35-31(49)24-9-6-23(7-10-24)16-34-26(40)17-37(12-14-38(18-27(41)42)19-28(43)44)13-15-39(20-29(45)46)21-30(47)48/h1-7,9-10,25H,8,11-21,33H2,(H,34,40)(H,35,49)(H,36,50)(H,41,42)(H,43,44)(H,45,46)(H,47,48)/t25-/m1/s1. The zero-order valence-electron chi connectivity index (χ0n) is 27.3. The van der Waals surface area contributed by atoms with Crippen molar-refractivity contribution in [3.8, 4) is 0 Å². The fraction of sp³-hybridized carbons (Fsp3) is 0.406. The van der Waals surface area contributed by atoms with Gasteiger partial charge in [0.05, 0.1) is 38.8 Å². The van der Waals surface area contributed by atoms with Crippen LogP contribution < -0.4 is 21.9 Å². The molecule has 272 valence electrons. The van der Waals surface area contributed by atoms with Gasteiger partial charge in [0.1, 0.15) is 0 Å². The first kappa shape index (κ1) is 40.7. The molecule has 0 fully saturated rings. The fourth-order valence-corrected chi connectivity index (χ4v) is 4.64. The minimum atomic E-state index is -1.25. The predicted molar refractivity (Wildman–Crippen MR) is 176 cm³/mol. The zero-order chi connectivity index (χ0) is 37.1. The number of carbonyl (C=O) groups is 7. The maximum atomic E-state index is 12.9. The van der Waals surface area contributed by atoms with Crippen molar-refractivity contribution in [1.82, 2.24) is 30.9 Å². The van der Waals surface area contributed by atoms with Crippen LogP contribution in [0.3, 0.4) is 0 Å². The van der Waals surface area contributed by atoms with Crippen molar-refractivity contribution in [2.75, 3.05) is 58.9 Å². The number of carboxylic acid groups (broad SMARTS) is 4. The first-order valence-corrected chi connectivity index (χ1v) is 15.5. The molecule has 0 radical (unpaired) electrons. The second-order valence-electron chi connectivity index (χ2n) is 11.3. The fourth-order valence-electron chi connectivity index (χ4n) is 4.64. The highest BCUT2D eigenvalue weighted by Crippen LogP contribution is 2.06. The van der Waals surface area contributed by atoms with Crippen molar-refractivity contribution >= 4 is 41.6 Å². The van der Waals surface area contributed by atoms with Crippen molar-refractivity contribution in [2.24, 2.45) is 5.73 Å². The maximum absolute atomic E-state index is 12.9. The molecular weight excluding hydrogens is 658 g/mol. The van der Waals surface area contributed by atoms with Crippen LogP contribution in [0.2, 0.25) is 0 Å². The number of aryl methyl sites for hydroxylation is 1. The quantitative estimate of drug-likeness (QED) is 0.0598. The Morgan fingerprint density at radius 3 is 1.56 bits per heavy atom. The number of nitrogens with one attached hydrogen (secondary N) is 3. The number of carbonyl (C=O) groups excluding carboxylic acids is 3. The Balaban J connectivity index is 1.92. The molecule has 2 rings (SSSR count). The number of nitrogens with two attached hydrogens (primary N) is 1.